The molecule has 2 rings (SSSR count). The quantitative estimate of drug-likeness (QED) is 0.806. The SMILES string of the molecule is COc1cc(C(=O)N2CCC(OCCCN)CC2)ccc1C.Cl. The Kier molecular flexibility index (Phi) is 8.37. The molecule has 1 heterocycles. The number of nitrogens with zero attached hydrogens (tertiary/aromatic N) is 1. The van der Waals surface area contributed by atoms with Gasteiger partial charge in [0.2, 0.25) is 0 Å². The molecule has 1 amide bonds. The van der Waals surface area contributed by atoms with E-state index in [1.807, 2.05) is 30.0 Å². The second-order valence-corrected chi connectivity index (χ2v) is 5.69. The largest absolute Gasteiger partial charge is 0.496 e. The molecule has 6 heteroatoms. The lowest BCUT2D eigenvalue weighted by atomic mass is 10.1. The fourth-order valence-corrected chi connectivity index (χ4v) is 2.69. The lowest BCUT2D eigenvalue weighted by Gasteiger charge is -2.32. The predicted octanol–water partition coefficient (Wildman–Crippen LogP) is 2.40. The average molecular weight is 343 g/mol. The molecule has 0 atom stereocenters. The van der Waals surface area contributed by atoms with Crippen molar-refractivity contribution in [1.82, 2.24) is 4.90 Å². The van der Waals surface area contributed by atoms with Crippen molar-refractivity contribution >= 4 is 18.3 Å². The van der Waals surface area contributed by atoms with E-state index >= 15 is 0 Å². The zero-order valence-electron chi connectivity index (χ0n) is 13.9. The van der Waals surface area contributed by atoms with E-state index < -0.39 is 0 Å². The van der Waals surface area contributed by atoms with Crippen molar-refractivity contribution in [3.8, 4) is 5.75 Å². The molecule has 1 aliphatic rings. The number of aryl methyl sites for hydroxylation is 1. The number of carbonyl (C=O) groups is 1. The number of carbonyl (C=O) groups excluding carboxylic acids is 1. The fraction of sp³-hybridized carbons (Fsp3) is 0.588. The Balaban J connectivity index is 0.00000264. The van der Waals surface area contributed by atoms with Gasteiger partial charge in [-0.1, -0.05) is 6.07 Å². The maximum Gasteiger partial charge on any atom is 0.253 e. The summed E-state index contributed by atoms with van der Waals surface area (Å²) in [6.07, 6.45) is 2.92. The zero-order chi connectivity index (χ0) is 15.9. The summed E-state index contributed by atoms with van der Waals surface area (Å²) < 4.78 is 11.1. The summed E-state index contributed by atoms with van der Waals surface area (Å²) in [5.41, 5.74) is 7.18. The maximum absolute atomic E-state index is 12.6. The summed E-state index contributed by atoms with van der Waals surface area (Å²) in [6.45, 7) is 4.82. The molecule has 1 fully saturated rings. The predicted molar refractivity (Wildman–Crippen MR) is 93.5 cm³/mol. The van der Waals surface area contributed by atoms with Gasteiger partial charge in [-0.05, 0) is 50.4 Å². The number of benzene rings is 1. The molecule has 130 valence electrons. The Labute approximate surface area is 144 Å². The fourth-order valence-electron chi connectivity index (χ4n) is 2.69. The highest BCUT2D eigenvalue weighted by atomic mass is 35.5. The Morgan fingerprint density at radius 2 is 2.04 bits per heavy atom. The van der Waals surface area contributed by atoms with Crippen LogP contribution < -0.4 is 10.5 Å². The van der Waals surface area contributed by atoms with Crippen LogP contribution in [0.5, 0.6) is 5.75 Å². The molecule has 1 aromatic rings. The second-order valence-electron chi connectivity index (χ2n) is 5.69. The molecule has 0 unspecified atom stereocenters. The minimum atomic E-state index is 0. The Morgan fingerprint density at radius 3 is 2.65 bits per heavy atom. The molecule has 0 aliphatic carbocycles. The number of nitrogens with two attached hydrogens (primary N) is 1. The van der Waals surface area contributed by atoms with Crippen molar-refractivity contribution < 1.29 is 14.3 Å². The van der Waals surface area contributed by atoms with Crippen LogP contribution in [0.3, 0.4) is 0 Å². The summed E-state index contributed by atoms with van der Waals surface area (Å²) in [6, 6.07) is 5.61. The number of hydrogen-bond donors (Lipinski definition) is 1. The molecule has 5 nitrogen and oxygen atoms in total. The first-order chi connectivity index (χ1) is 10.7. The van der Waals surface area contributed by atoms with Crippen LogP contribution in [0.1, 0.15) is 35.2 Å². The van der Waals surface area contributed by atoms with Gasteiger partial charge in [-0.2, -0.15) is 0 Å². The summed E-state index contributed by atoms with van der Waals surface area (Å²) >= 11 is 0. The van der Waals surface area contributed by atoms with Gasteiger partial charge < -0.3 is 20.1 Å². The van der Waals surface area contributed by atoms with Crippen LogP contribution >= 0.6 is 12.4 Å². The van der Waals surface area contributed by atoms with Gasteiger partial charge in [0.15, 0.2) is 0 Å². The van der Waals surface area contributed by atoms with Crippen molar-refractivity contribution in [3.63, 3.8) is 0 Å². The summed E-state index contributed by atoms with van der Waals surface area (Å²) in [5.74, 6) is 0.824. The van der Waals surface area contributed by atoms with E-state index in [4.69, 9.17) is 15.2 Å². The van der Waals surface area contributed by atoms with E-state index in [1.165, 1.54) is 0 Å². The molecule has 1 aliphatic heterocycles. The summed E-state index contributed by atoms with van der Waals surface area (Å²) in [7, 11) is 1.63. The third kappa shape index (κ3) is 5.37. The molecular formula is C17H27ClN2O3. The Hall–Kier alpha value is -1.30. The van der Waals surface area contributed by atoms with E-state index in [-0.39, 0.29) is 24.4 Å². The highest BCUT2D eigenvalue weighted by molar-refractivity contribution is 5.94. The molecule has 1 saturated heterocycles. The van der Waals surface area contributed by atoms with E-state index in [0.29, 0.717) is 18.7 Å². The molecule has 0 saturated carbocycles. The first kappa shape index (κ1) is 19.7. The van der Waals surface area contributed by atoms with Crippen molar-refractivity contribution in [2.75, 3.05) is 33.4 Å². The number of methoxy groups -OCH3 is 1. The number of amides is 1. The molecule has 0 aromatic heterocycles. The second kappa shape index (κ2) is 9.75. The lowest BCUT2D eigenvalue weighted by Crippen LogP contribution is -2.41. The van der Waals surface area contributed by atoms with Crippen LogP contribution in [0, 0.1) is 6.92 Å². The standard InChI is InChI=1S/C17H26N2O3.ClH/c1-13-4-5-14(12-16(13)21-2)17(20)19-9-6-15(7-10-19)22-11-3-8-18;/h4-5,12,15H,3,6-11,18H2,1-2H3;1H. The topological polar surface area (TPSA) is 64.8 Å². The first-order valence-corrected chi connectivity index (χ1v) is 7.91. The monoisotopic (exact) mass is 342 g/mol. The van der Waals surface area contributed by atoms with Crippen LogP contribution in [0.25, 0.3) is 0 Å². The highest BCUT2D eigenvalue weighted by Gasteiger charge is 2.24. The van der Waals surface area contributed by atoms with Crippen molar-refractivity contribution in [1.29, 1.82) is 0 Å². The van der Waals surface area contributed by atoms with Crippen molar-refractivity contribution in [2.45, 2.75) is 32.3 Å². The highest BCUT2D eigenvalue weighted by Crippen LogP contribution is 2.22. The third-order valence-corrected chi connectivity index (χ3v) is 4.09. The Morgan fingerprint density at radius 1 is 1.35 bits per heavy atom. The number of rotatable bonds is 6. The number of ether oxygens (including phenoxy) is 2. The zero-order valence-corrected chi connectivity index (χ0v) is 14.7. The molecule has 0 spiro atoms. The van der Waals surface area contributed by atoms with Crippen molar-refractivity contribution in [2.24, 2.45) is 5.73 Å². The van der Waals surface area contributed by atoms with Crippen molar-refractivity contribution in [3.05, 3.63) is 29.3 Å². The van der Waals surface area contributed by atoms with Gasteiger partial charge in [0.25, 0.3) is 5.91 Å². The minimum Gasteiger partial charge on any atom is -0.496 e. The van der Waals surface area contributed by atoms with Gasteiger partial charge in [-0.3, -0.25) is 4.79 Å². The molecule has 2 N–H and O–H groups in total. The van der Waals surface area contributed by atoms with Crippen LogP contribution in [-0.2, 0) is 4.74 Å². The number of likely N-dealkylation sites (tertiary alicyclic amines) is 1. The summed E-state index contributed by atoms with van der Waals surface area (Å²) in [5, 5.41) is 0. The van der Waals surface area contributed by atoms with Crippen LogP contribution in [0.2, 0.25) is 0 Å². The van der Waals surface area contributed by atoms with Gasteiger partial charge in [0.05, 0.1) is 13.2 Å². The maximum atomic E-state index is 12.6. The van der Waals surface area contributed by atoms with Crippen LogP contribution in [-0.4, -0.2) is 50.3 Å². The average Bonchev–Trinajstić information content (AvgIpc) is 2.55. The smallest absolute Gasteiger partial charge is 0.253 e. The van der Waals surface area contributed by atoms with Crippen LogP contribution in [0.15, 0.2) is 18.2 Å². The van der Waals surface area contributed by atoms with Gasteiger partial charge in [0.1, 0.15) is 5.75 Å². The molecule has 23 heavy (non-hydrogen) atoms. The van der Waals surface area contributed by atoms with Crippen LogP contribution in [0.4, 0.5) is 0 Å². The Bertz CT molecular complexity index is 503. The summed E-state index contributed by atoms with van der Waals surface area (Å²) in [4.78, 5) is 14.5. The third-order valence-electron chi connectivity index (χ3n) is 4.09. The normalized spacial score (nSPS) is 15.2. The molecule has 0 bridgehead atoms. The number of hydrogen-bond acceptors (Lipinski definition) is 4. The minimum absolute atomic E-state index is 0. The van der Waals surface area contributed by atoms with Gasteiger partial charge in [0, 0.05) is 25.3 Å². The van der Waals surface area contributed by atoms with Gasteiger partial charge in [-0.25, -0.2) is 0 Å². The van der Waals surface area contributed by atoms with E-state index in [1.54, 1.807) is 7.11 Å². The van der Waals surface area contributed by atoms with E-state index in [2.05, 4.69) is 0 Å². The number of halogens is 1. The van der Waals surface area contributed by atoms with E-state index in [9.17, 15) is 4.79 Å². The lowest BCUT2D eigenvalue weighted by molar-refractivity contribution is 0.00844. The molecule has 0 radical (unpaired) electrons. The van der Waals surface area contributed by atoms with Gasteiger partial charge >= 0.3 is 0 Å². The van der Waals surface area contributed by atoms with Gasteiger partial charge in [-0.15, -0.1) is 12.4 Å². The van der Waals surface area contributed by atoms with E-state index in [0.717, 1.165) is 43.7 Å². The first-order valence-electron chi connectivity index (χ1n) is 7.91. The number of piperidine rings is 1. The molecule has 1 aromatic carbocycles. The molecular weight excluding hydrogens is 316 g/mol.